The Hall–Kier alpha value is -3.21. The average Bonchev–Trinajstić information content (AvgIpc) is 3.10. The summed E-state index contributed by atoms with van der Waals surface area (Å²) in [6.45, 7) is 0.0593. The highest BCUT2D eigenvalue weighted by Gasteiger charge is 2.35. The van der Waals surface area contributed by atoms with Crippen molar-refractivity contribution in [2.75, 3.05) is 13.1 Å². The van der Waals surface area contributed by atoms with E-state index in [4.69, 9.17) is 5.26 Å². The molecule has 144 valence electrons. The van der Waals surface area contributed by atoms with Crippen molar-refractivity contribution in [2.24, 2.45) is 5.92 Å². The zero-order valence-corrected chi connectivity index (χ0v) is 15.0. The number of rotatable bonds is 2. The summed E-state index contributed by atoms with van der Waals surface area (Å²) < 4.78 is 28.4. The number of allylic oxidation sites excluding steroid dienone is 4. The lowest BCUT2D eigenvalue weighted by atomic mass is 9.99. The topological polar surface area (TPSA) is 82.2 Å². The third-order valence-electron chi connectivity index (χ3n) is 5.21. The highest BCUT2D eigenvalue weighted by Crippen LogP contribution is 2.30. The zero-order chi connectivity index (χ0) is 19.9. The van der Waals surface area contributed by atoms with Gasteiger partial charge in [-0.05, 0) is 18.6 Å². The van der Waals surface area contributed by atoms with Gasteiger partial charge in [-0.1, -0.05) is 6.08 Å². The molecule has 1 aliphatic carbocycles. The number of carbonyl (C=O) groups excluding carboxylic acids is 1. The van der Waals surface area contributed by atoms with Gasteiger partial charge in [0.25, 0.3) is 11.8 Å². The van der Waals surface area contributed by atoms with Crippen molar-refractivity contribution in [1.29, 1.82) is 5.26 Å². The predicted octanol–water partition coefficient (Wildman–Crippen LogP) is 3.73. The number of aliphatic hydroxyl groups excluding tert-OH is 1. The number of alkyl halides is 2. The Labute approximate surface area is 160 Å². The number of halogens is 2. The van der Waals surface area contributed by atoms with Crippen LogP contribution in [0.25, 0.3) is 16.7 Å². The van der Waals surface area contributed by atoms with Gasteiger partial charge in [-0.15, -0.1) is 0 Å². The van der Waals surface area contributed by atoms with Crippen molar-refractivity contribution in [1.82, 2.24) is 14.5 Å². The second-order valence-electron chi connectivity index (χ2n) is 7.09. The molecule has 4 rings (SSSR count). The molecule has 8 heteroatoms. The molecule has 0 bridgehead atoms. The highest BCUT2D eigenvalue weighted by atomic mass is 19.3. The fourth-order valence-corrected chi connectivity index (χ4v) is 3.53. The first-order valence-electron chi connectivity index (χ1n) is 9.03. The van der Waals surface area contributed by atoms with Crippen LogP contribution in [0.1, 0.15) is 29.6 Å². The summed E-state index contributed by atoms with van der Waals surface area (Å²) in [5.41, 5.74) is 1.66. The second-order valence-corrected chi connectivity index (χ2v) is 7.09. The SMILES string of the molecule is N#CC1CC=C(n2ccc3cc(C(=O)N4CCC(F)(F)CC4)cnc32)C=C1O. The molecular formula is C20H18F2N4O2. The van der Waals surface area contributed by atoms with E-state index in [9.17, 15) is 18.7 Å². The molecule has 0 saturated carbocycles. The number of aromatic nitrogens is 2. The van der Waals surface area contributed by atoms with Gasteiger partial charge in [0.2, 0.25) is 0 Å². The molecule has 1 unspecified atom stereocenters. The van der Waals surface area contributed by atoms with Crippen LogP contribution in [0.3, 0.4) is 0 Å². The van der Waals surface area contributed by atoms with Crippen molar-refractivity contribution in [3.63, 3.8) is 0 Å². The molecule has 0 radical (unpaired) electrons. The molecule has 0 aromatic carbocycles. The number of fused-ring (bicyclic) bond motifs is 1. The van der Waals surface area contributed by atoms with Gasteiger partial charge in [-0.25, -0.2) is 13.8 Å². The van der Waals surface area contributed by atoms with E-state index in [2.05, 4.69) is 4.98 Å². The van der Waals surface area contributed by atoms with Crippen LogP contribution in [0.5, 0.6) is 0 Å². The Balaban J connectivity index is 1.58. The molecule has 1 amide bonds. The number of hydrogen-bond acceptors (Lipinski definition) is 4. The molecule has 2 aromatic rings. The van der Waals surface area contributed by atoms with Crippen molar-refractivity contribution < 1.29 is 18.7 Å². The van der Waals surface area contributed by atoms with Gasteiger partial charge < -0.3 is 14.6 Å². The van der Waals surface area contributed by atoms with E-state index in [1.807, 2.05) is 12.1 Å². The smallest absolute Gasteiger partial charge is 0.255 e. The number of piperidine rings is 1. The molecule has 6 nitrogen and oxygen atoms in total. The molecule has 3 heterocycles. The minimum Gasteiger partial charge on any atom is -0.511 e. The van der Waals surface area contributed by atoms with Crippen LogP contribution in [0.2, 0.25) is 0 Å². The third kappa shape index (κ3) is 3.24. The summed E-state index contributed by atoms with van der Waals surface area (Å²) in [5, 5.41) is 19.7. The van der Waals surface area contributed by atoms with E-state index in [-0.39, 0.29) is 37.6 Å². The largest absolute Gasteiger partial charge is 0.511 e. The Kier molecular flexibility index (Phi) is 4.38. The van der Waals surface area contributed by atoms with E-state index in [0.29, 0.717) is 23.3 Å². The minimum atomic E-state index is -2.70. The van der Waals surface area contributed by atoms with Gasteiger partial charge in [-0.2, -0.15) is 5.26 Å². The summed E-state index contributed by atoms with van der Waals surface area (Å²) in [7, 11) is 0. The maximum absolute atomic E-state index is 13.3. The number of hydrogen-bond donors (Lipinski definition) is 1. The van der Waals surface area contributed by atoms with E-state index < -0.39 is 11.8 Å². The molecular weight excluding hydrogens is 366 g/mol. The summed E-state index contributed by atoms with van der Waals surface area (Å²) in [4.78, 5) is 18.4. The van der Waals surface area contributed by atoms with Gasteiger partial charge >= 0.3 is 0 Å². The van der Waals surface area contributed by atoms with Gasteiger partial charge in [-0.3, -0.25) is 4.79 Å². The van der Waals surface area contributed by atoms with Crippen LogP contribution >= 0.6 is 0 Å². The Morgan fingerprint density at radius 2 is 2.11 bits per heavy atom. The minimum absolute atomic E-state index is 0.00977. The number of nitriles is 1. The highest BCUT2D eigenvalue weighted by molar-refractivity contribution is 5.97. The van der Waals surface area contributed by atoms with Gasteiger partial charge in [0, 0.05) is 55.5 Å². The first-order valence-corrected chi connectivity index (χ1v) is 9.03. The zero-order valence-electron chi connectivity index (χ0n) is 15.0. The van der Waals surface area contributed by atoms with E-state index in [1.165, 1.54) is 17.2 Å². The molecule has 1 saturated heterocycles. The molecule has 1 fully saturated rings. The van der Waals surface area contributed by atoms with Gasteiger partial charge in [0.1, 0.15) is 17.3 Å². The van der Waals surface area contributed by atoms with Crippen molar-refractivity contribution in [2.45, 2.75) is 25.2 Å². The fourth-order valence-electron chi connectivity index (χ4n) is 3.53. The van der Waals surface area contributed by atoms with Crippen molar-refractivity contribution in [3.8, 4) is 6.07 Å². The summed E-state index contributed by atoms with van der Waals surface area (Å²) in [6, 6.07) is 5.53. The Bertz CT molecular complexity index is 1040. The molecule has 1 aliphatic heterocycles. The molecule has 2 aromatic heterocycles. The van der Waals surface area contributed by atoms with Crippen LogP contribution in [0.4, 0.5) is 8.78 Å². The number of amides is 1. The van der Waals surface area contributed by atoms with Crippen LogP contribution in [0.15, 0.2) is 42.4 Å². The molecule has 0 spiro atoms. The number of pyridine rings is 1. The molecule has 28 heavy (non-hydrogen) atoms. The first kappa shape index (κ1) is 18.2. The van der Waals surface area contributed by atoms with Gasteiger partial charge in [0.15, 0.2) is 0 Å². The summed E-state index contributed by atoms with van der Waals surface area (Å²) >= 11 is 0. The van der Waals surface area contributed by atoms with Crippen LogP contribution in [-0.4, -0.2) is 44.5 Å². The Morgan fingerprint density at radius 1 is 1.36 bits per heavy atom. The average molecular weight is 384 g/mol. The summed E-state index contributed by atoms with van der Waals surface area (Å²) in [5.74, 6) is -3.53. The normalized spacial score (nSPS) is 21.8. The molecule has 2 aliphatic rings. The number of carbonyl (C=O) groups is 1. The maximum atomic E-state index is 13.3. The van der Waals surface area contributed by atoms with Crippen molar-refractivity contribution >= 4 is 22.6 Å². The molecule has 1 N–H and O–H groups in total. The monoisotopic (exact) mass is 384 g/mol. The quantitative estimate of drug-likeness (QED) is 0.855. The van der Waals surface area contributed by atoms with Gasteiger partial charge in [0.05, 0.1) is 11.6 Å². The summed E-state index contributed by atoms with van der Waals surface area (Å²) in [6.07, 6.45) is 6.36. The van der Waals surface area contributed by atoms with E-state index >= 15 is 0 Å². The van der Waals surface area contributed by atoms with Crippen LogP contribution < -0.4 is 0 Å². The van der Waals surface area contributed by atoms with Crippen LogP contribution in [-0.2, 0) is 0 Å². The number of aliphatic hydroxyl groups is 1. The van der Waals surface area contributed by atoms with E-state index in [0.717, 1.165) is 5.39 Å². The third-order valence-corrected chi connectivity index (χ3v) is 5.21. The number of likely N-dealkylation sites (tertiary alicyclic amines) is 1. The predicted molar refractivity (Wildman–Crippen MR) is 98.5 cm³/mol. The first-order chi connectivity index (χ1) is 13.4. The lowest BCUT2D eigenvalue weighted by Crippen LogP contribution is -2.42. The standard InChI is InChI=1S/C20H18F2N4O2/c21-20(22)4-7-25(8-5-20)19(28)15-9-13-3-6-26(18(13)24-12-15)16-2-1-14(11-23)17(27)10-16/h2-3,6,9-10,12,14,27H,1,4-5,7-8H2. The van der Waals surface area contributed by atoms with Crippen molar-refractivity contribution in [3.05, 3.63) is 48.0 Å². The second kappa shape index (κ2) is 6.75. The fraction of sp³-hybridized carbons (Fsp3) is 0.350. The number of nitrogens with zero attached hydrogens (tertiary/aromatic N) is 4. The lowest BCUT2D eigenvalue weighted by Gasteiger charge is -2.31. The lowest BCUT2D eigenvalue weighted by molar-refractivity contribution is -0.0494. The molecule has 1 atom stereocenters. The van der Waals surface area contributed by atoms with E-state index in [1.54, 1.807) is 22.9 Å². The maximum Gasteiger partial charge on any atom is 0.255 e. The van der Waals surface area contributed by atoms with Crippen LogP contribution in [0, 0.1) is 17.2 Å². The Morgan fingerprint density at radius 3 is 2.79 bits per heavy atom.